The highest BCUT2D eigenvalue weighted by atomic mass is 32.2. The zero-order chi connectivity index (χ0) is 17.9. The maximum absolute atomic E-state index is 6.14. The van der Waals surface area contributed by atoms with Crippen LogP contribution in [0.2, 0.25) is 0 Å². The average molecular weight is 364 g/mol. The van der Waals surface area contributed by atoms with Crippen molar-refractivity contribution in [2.45, 2.75) is 17.8 Å². The lowest BCUT2D eigenvalue weighted by Crippen LogP contribution is -2.11. The first kappa shape index (κ1) is 16.3. The smallest absolute Gasteiger partial charge is 0.247 e. The molecule has 0 saturated heterocycles. The molecule has 4 aromatic rings. The average Bonchev–Trinajstić information content (AvgIpc) is 3.29. The van der Waals surface area contributed by atoms with Crippen LogP contribution in [0.15, 0.2) is 64.2 Å². The molecule has 0 bridgehead atoms. The minimum absolute atomic E-state index is 0.461. The van der Waals surface area contributed by atoms with E-state index in [1.807, 2.05) is 61.5 Å². The van der Waals surface area contributed by atoms with Crippen molar-refractivity contribution in [1.82, 2.24) is 25.1 Å². The van der Waals surface area contributed by atoms with Gasteiger partial charge in [-0.05, 0) is 19.1 Å². The van der Waals surface area contributed by atoms with E-state index in [9.17, 15) is 0 Å². The molecule has 0 radical (unpaired) electrons. The maximum Gasteiger partial charge on any atom is 0.247 e. The zero-order valence-corrected chi connectivity index (χ0v) is 14.8. The molecule has 0 atom stereocenters. The van der Waals surface area contributed by atoms with Gasteiger partial charge in [0.15, 0.2) is 5.82 Å². The maximum atomic E-state index is 6.14. The van der Waals surface area contributed by atoms with Gasteiger partial charge in [-0.25, -0.2) is 4.68 Å². The Kier molecular flexibility index (Phi) is 4.40. The predicted octanol–water partition coefficient (Wildman–Crippen LogP) is 3.31. The van der Waals surface area contributed by atoms with Crippen LogP contribution in [0, 0.1) is 6.92 Å². The molecule has 0 aliphatic carbocycles. The molecule has 26 heavy (non-hydrogen) atoms. The molecule has 0 aliphatic rings. The standard InChI is InChI=1S/C18H16N6OS/c1-12-7-9-13(10-8-12)16-21-23-18(24(16)19)26-11-15-20-22-17(25-15)14-5-3-2-4-6-14/h2-10H,11,19H2,1H3. The second-order valence-corrected chi connectivity index (χ2v) is 6.64. The number of aryl methyl sites for hydroxylation is 1. The summed E-state index contributed by atoms with van der Waals surface area (Å²) in [5.74, 6) is 8.22. The van der Waals surface area contributed by atoms with Gasteiger partial charge in [0.25, 0.3) is 0 Å². The Hall–Kier alpha value is -3.13. The summed E-state index contributed by atoms with van der Waals surface area (Å²) in [7, 11) is 0. The third kappa shape index (κ3) is 3.31. The van der Waals surface area contributed by atoms with E-state index in [4.69, 9.17) is 10.3 Å². The Morgan fingerprint density at radius 2 is 1.69 bits per heavy atom. The van der Waals surface area contributed by atoms with Gasteiger partial charge in [-0.2, -0.15) is 0 Å². The van der Waals surface area contributed by atoms with E-state index < -0.39 is 0 Å². The monoisotopic (exact) mass is 364 g/mol. The highest BCUT2D eigenvalue weighted by molar-refractivity contribution is 7.98. The van der Waals surface area contributed by atoms with E-state index in [1.54, 1.807) is 0 Å². The first-order chi connectivity index (χ1) is 12.7. The number of nitrogens with zero attached hydrogens (tertiary/aromatic N) is 5. The molecule has 7 nitrogen and oxygen atoms in total. The molecule has 0 amide bonds. The lowest BCUT2D eigenvalue weighted by Gasteiger charge is -2.03. The van der Waals surface area contributed by atoms with Crippen molar-refractivity contribution in [3.8, 4) is 22.8 Å². The number of hydrogen-bond donors (Lipinski definition) is 1. The number of benzene rings is 2. The Labute approximate surface area is 154 Å². The molecule has 130 valence electrons. The van der Waals surface area contributed by atoms with Gasteiger partial charge in [0, 0.05) is 11.1 Å². The minimum Gasteiger partial charge on any atom is -0.420 e. The molecule has 0 fully saturated rings. The summed E-state index contributed by atoms with van der Waals surface area (Å²) < 4.78 is 7.17. The summed E-state index contributed by atoms with van der Waals surface area (Å²) in [6, 6.07) is 17.6. The van der Waals surface area contributed by atoms with Gasteiger partial charge in [-0.15, -0.1) is 20.4 Å². The number of hydrogen-bond acceptors (Lipinski definition) is 7. The van der Waals surface area contributed by atoms with Crippen LogP contribution < -0.4 is 5.84 Å². The topological polar surface area (TPSA) is 95.6 Å². The van der Waals surface area contributed by atoms with Crippen molar-refractivity contribution < 1.29 is 4.42 Å². The summed E-state index contributed by atoms with van der Waals surface area (Å²) in [6.07, 6.45) is 0. The predicted molar refractivity (Wildman–Crippen MR) is 99.6 cm³/mol. The molecule has 0 unspecified atom stereocenters. The van der Waals surface area contributed by atoms with Gasteiger partial charge in [0.05, 0.1) is 5.75 Å². The van der Waals surface area contributed by atoms with Crippen molar-refractivity contribution in [2.24, 2.45) is 0 Å². The summed E-state index contributed by atoms with van der Waals surface area (Å²) in [6.45, 7) is 2.03. The fourth-order valence-electron chi connectivity index (χ4n) is 2.41. The molecule has 2 heterocycles. The molecule has 0 aliphatic heterocycles. The molecule has 8 heteroatoms. The third-order valence-electron chi connectivity index (χ3n) is 3.79. The minimum atomic E-state index is 0.461. The van der Waals surface area contributed by atoms with Gasteiger partial charge < -0.3 is 10.3 Å². The highest BCUT2D eigenvalue weighted by Crippen LogP contribution is 2.25. The summed E-state index contributed by atoms with van der Waals surface area (Å²) >= 11 is 1.40. The van der Waals surface area contributed by atoms with Gasteiger partial charge in [0.1, 0.15) is 0 Å². The first-order valence-corrected chi connectivity index (χ1v) is 8.97. The van der Waals surface area contributed by atoms with E-state index in [0.717, 1.165) is 11.1 Å². The van der Waals surface area contributed by atoms with Crippen LogP contribution in [-0.4, -0.2) is 25.1 Å². The molecule has 2 aromatic carbocycles. The lowest BCUT2D eigenvalue weighted by molar-refractivity contribution is 0.528. The van der Waals surface area contributed by atoms with Gasteiger partial charge in [-0.1, -0.05) is 59.8 Å². The quantitative estimate of drug-likeness (QED) is 0.429. The van der Waals surface area contributed by atoms with E-state index >= 15 is 0 Å². The largest absolute Gasteiger partial charge is 0.420 e. The zero-order valence-electron chi connectivity index (χ0n) is 14.0. The van der Waals surface area contributed by atoms with Crippen molar-refractivity contribution in [1.29, 1.82) is 0 Å². The van der Waals surface area contributed by atoms with Crippen LogP contribution >= 0.6 is 11.8 Å². The van der Waals surface area contributed by atoms with Crippen molar-refractivity contribution in [3.63, 3.8) is 0 Å². The number of aromatic nitrogens is 5. The van der Waals surface area contributed by atoms with Gasteiger partial charge in [-0.3, -0.25) is 0 Å². The van der Waals surface area contributed by atoms with Crippen LogP contribution in [0.1, 0.15) is 11.5 Å². The highest BCUT2D eigenvalue weighted by Gasteiger charge is 2.14. The first-order valence-electron chi connectivity index (χ1n) is 7.99. The Morgan fingerprint density at radius 1 is 0.923 bits per heavy atom. The van der Waals surface area contributed by atoms with E-state index in [2.05, 4.69) is 20.4 Å². The molecule has 4 rings (SSSR count). The van der Waals surface area contributed by atoms with Gasteiger partial charge in [0.2, 0.25) is 16.9 Å². The fraction of sp³-hybridized carbons (Fsp3) is 0.111. The molecular weight excluding hydrogens is 348 g/mol. The van der Waals surface area contributed by atoms with Crippen molar-refractivity contribution in [3.05, 3.63) is 66.1 Å². The number of rotatable bonds is 5. The number of nitrogens with two attached hydrogens (primary N) is 1. The third-order valence-corrected chi connectivity index (χ3v) is 4.71. The molecule has 2 N–H and O–H groups in total. The normalized spacial score (nSPS) is 11.0. The summed E-state index contributed by atoms with van der Waals surface area (Å²) in [5.41, 5.74) is 2.98. The van der Waals surface area contributed by atoms with Gasteiger partial charge >= 0.3 is 0 Å². The number of nitrogen functional groups attached to an aromatic ring is 1. The molecule has 0 saturated carbocycles. The van der Waals surface area contributed by atoms with E-state index in [1.165, 1.54) is 22.0 Å². The lowest BCUT2D eigenvalue weighted by atomic mass is 10.1. The van der Waals surface area contributed by atoms with E-state index in [0.29, 0.717) is 28.5 Å². The fourth-order valence-corrected chi connectivity index (χ4v) is 3.10. The van der Waals surface area contributed by atoms with Crippen LogP contribution in [0.4, 0.5) is 0 Å². The molecular formula is C18H16N6OS. The van der Waals surface area contributed by atoms with Crippen molar-refractivity contribution >= 4 is 11.8 Å². The number of thioether (sulfide) groups is 1. The van der Waals surface area contributed by atoms with E-state index in [-0.39, 0.29) is 0 Å². The van der Waals surface area contributed by atoms with Crippen LogP contribution in [0.5, 0.6) is 0 Å². The second-order valence-electron chi connectivity index (χ2n) is 5.70. The summed E-state index contributed by atoms with van der Waals surface area (Å²) in [5, 5.41) is 17.1. The Morgan fingerprint density at radius 3 is 2.46 bits per heavy atom. The SMILES string of the molecule is Cc1ccc(-c2nnc(SCc3nnc(-c4ccccc4)o3)n2N)cc1. The van der Waals surface area contributed by atoms with Crippen LogP contribution in [0.25, 0.3) is 22.8 Å². The molecule has 2 aromatic heterocycles. The Balaban J connectivity index is 1.47. The Bertz CT molecular complexity index is 1010. The second kappa shape index (κ2) is 7.01. The molecule has 0 spiro atoms. The summed E-state index contributed by atoms with van der Waals surface area (Å²) in [4.78, 5) is 0. The van der Waals surface area contributed by atoms with Crippen molar-refractivity contribution in [2.75, 3.05) is 5.84 Å². The van der Waals surface area contributed by atoms with Crippen LogP contribution in [-0.2, 0) is 5.75 Å². The van der Waals surface area contributed by atoms with Crippen LogP contribution in [0.3, 0.4) is 0 Å².